The van der Waals surface area contributed by atoms with Crippen molar-refractivity contribution in [2.24, 2.45) is 5.41 Å². The number of piperidine rings is 1. The average molecular weight is 560 g/mol. The molecule has 0 unspecified atom stereocenters. The Morgan fingerprint density at radius 2 is 1.86 bits per heavy atom. The van der Waals surface area contributed by atoms with Crippen LogP contribution in [0.25, 0.3) is 0 Å². The van der Waals surface area contributed by atoms with E-state index in [-0.39, 0.29) is 23.9 Å². The van der Waals surface area contributed by atoms with E-state index in [0.29, 0.717) is 16.7 Å². The van der Waals surface area contributed by atoms with Crippen LogP contribution in [-0.4, -0.2) is 39.5 Å². The van der Waals surface area contributed by atoms with Crippen LogP contribution in [0, 0.1) is 5.41 Å². The Balaban J connectivity index is 1.80. The van der Waals surface area contributed by atoms with Crippen LogP contribution in [0.15, 0.2) is 61.2 Å². The van der Waals surface area contributed by atoms with Crippen LogP contribution in [0.1, 0.15) is 82.4 Å². The first-order chi connectivity index (χ1) is 17.8. The van der Waals surface area contributed by atoms with Gasteiger partial charge in [-0.05, 0) is 67.5 Å². The highest BCUT2D eigenvalue weighted by Crippen LogP contribution is 2.52. The van der Waals surface area contributed by atoms with Crippen LogP contribution < -0.4 is 0 Å². The zero-order chi connectivity index (χ0) is 26.6. The van der Waals surface area contributed by atoms with Gasteiger partial charge in [0, 0.05) is 40.3 Å². The maximum atomic E-state index is 14.5. The predicted molar refractivity (Wildman–Crippen MR) is 159 cm³/mol. The number of allylic oxidation sites excluding steroid dienone is 1. The number of amides is 1. The first-order valence-corrected chi connectivity index (χ1v) is 15.2. The second-order valence-electron chi connectivity index (χ2n) is 10.8. The van der Waals surface area contributed by atoms with Gasteiger partial charge in [0.2, 0.25) is 5.91 Å². The number of nitrogens with zero attached hydrogens (tertiary/aromatic N) is 2. The monoisotopic (exact) mass is 558 g/mol. The van der Waals surface area contributed by atoms with Gasteiger partial charge in [-0.15, -0.1) is 6.58 Å². The molecular formula is C31H40Cl2N2OS. The normalized spacial score (nSPS) is 25.2. The number of likely N-dealkylation sites (N-methyl/N-ethyl adjacent to an activating group) is 1. The Bertz CT molecular complexity index is 1070. The summed E-state index contributed by atoms with van der Waals surface area (Å²) >= 11 is 14.8. The molecule has 2 aliphatic rings. The van der Waals surface area contributed by atoms with Gasteiger partial charge in [-0.3, -0.25) is 4.79 Å². The molecular weight excluding hydrogens is 519 g/mol. The van der Waals surface area contributed by atoms with Gasteiger partial charge in [0.25, 0.3) is 0 Å². The molecule has 2 fully saturated rings. The van der Waals surface area contributed by atoms with Crippen molar-refractivity contribution in [3.05, 3.63) is 82.4 Å². The molecule has 1 aliphatic heterocycles. The first-order valence-electron chi connectivity index (χ1n) is 13.7. The van der Waals surface area contributed by atoms with Crippen LogP contribution in [0.5, 0.6) is 0 Å². The SMILES string of the molecule is C=CC[C@@]1(C)C[C@H](c2cccc(Cl)c2)[C@@H](c2ccc(Cl)cc2)N([C@@H](CC)CN(CC)SC2CCC2)C1=O. The van der Waals surface area contributed by atoms with Gasteiger partial charge in [0.1, 0.15) is 0 Å². The largest absolute Gasteiger partial charge is 0.330 e. The highest BCUT2D eigenvalue weighted by molar-refractivity contribution is 7.97. The van der Waals surface area contributed by atoms with Crippen LogP contribution in [0.3, 0.4) is 0 Å². The van der Waals surface area contributed by atoms with Gasteiger partial charge in [0.15, 0.2) is 0 Å². The molecule has 1 heterocycles. The lowest BCUT2D eigenvalue weighted by atomic mass is 9.67. The second-order valence-corrected chi connectivity index (χ2v) is 13.1. The molecule has 37 heavy (non-hydrogen) atoms. The van der Waals surface area contributed by atoms with Crippen LogP contribution in [0.4, 0.5) is 0 Å². The fourth-order valence-corrected chi connectivity index (χ4v) is 7.57. The van der Waals surface area contributed by atoms with Crippen LogP contribution in [-0.2, 0) is 4.79 Å². The van der Waals surface area contributed by atoms with Gasteiger partial charge < -0.3 is 4.90 Å². The molecule has 2 aromatic carbocycles. The Morgan fingerprint density at radius 3 is 2.43 bits per heavy atom. The van der Waals surface area contributed by atoms with Crippen molar-refractivity contribution in [3.63, 3.8) is 0 Å². The van der Waals surface area contributed by atoms with Crippen molar-refractivity contribution in [1.29, 1.82) is 0 Å². The number of carbonyl (C=O) groups is 1. The molecule has 1 saturated carbocycles. The molecule has 0 spiro atoms. The second kappa shape index (κ2) is 12.6. The van der Waals surface area contributed by atoms with Crippen molar-refractivity contribution in [3.8, 4) is 0 Å². The van der Waals surface area contributed by atoms with E-state index in [4.69, 9.17) is 23.2 Å². The van der Waals surface area contributed by atoms with Crippen LogP contribution >= 0.6 is 35.1 Å². The van der Waals surface area contributed by atoms with E-state index in [1.807, 2.05) is 42.3 Å². The van der Waals surface area contributed by atoms with E-state index in [2.05, 4.69) is 60.8 Å². The number of hydrogen-bond donors (Lipinski definition) is 0. The Labute approximate surface area is 237 Å². The van der Waals surface area contributed by atoms with Crippen molar-refractivity contribution in [1.82, 2.24) is 9.21 Å². The first kappa shape index (κ1) is 28.5. The molecule has 0 N–H and O–H groups in total. The van der Waals surface area contributed by atoms with Crippen LogP contribution in [0.2, 0.25) is 10.0 Å². The lowest BCUT2D eigenvalue weighted by Crippen LogP contribution is -2.57. The summed E-state index contributed by atoms with van der Waals surface area (Å²) in [4.78, 5) is 16.7. The summed E-state index contributed by atoms with van der Waals surface area (Å²) in [6.45, 7) is 12.4. The minimum absolute atomic E-state index is 0.0897. The Kier molecular flexibility index (Phi) is 9.72. The maximum Gasteiger partial charge on any atom is 0.229 e. The van der Waals surface area contributed by atoms with E-state index in [9.17, 15) is 4.79 Å². The molecule has 0 aromatic heterocycles. The van der Waals surface area contributed by atoms with E-state index >= 15 is 0 Å². The van der Waals surface area contributed by atoms with E-state index < -0.39 is 5.41 Å². The molecule has 0 bridgehead atoms. The van der Waals surface area contributed by atoms with Gasteiger partial charge >= 0.3 is 0 Å². The Morgan fingerprint density at radius 1 is 1.14 bits per heavy atom. The van der Waals surface area contributed by atoms with E-state index in [1.54, 1.807) is 0 Å². The molecule has 1 aliphatic carbocycles. The quantitative estimate of drug-likeness (QED) is 0.203. The summed E-state index contributed by atoms with van der Waals surface area (Å²) in [6.07, 6.45) is 8.11. The minimum atomic E-state index is -0.525. The molecule has 1 amide bonds. The fraction of sp³-hybridized carbons (Fsp3) is 0.516. The number of hydrogen-bond acceptors (Lipinski definition) is 3. The highest BCUT2D eigenvalue weighted by Gasteiger charge is 2.51. The van der Waals surface area contributed by atoms with Crippen molar-refractivity contribution >= 4 is 41.1 Å². The number of benzene rings is 2. The lowest BCUT2D eigenvalue weighted by Gasteiger charge is -2.52. The maximum absolute atomic E-state index is 14.5. The number of likely N-dealkylation sites (tertiary alicyclic amines) is 1. The van der Waals surface area contributed by atoms with Gasteiger partial charge in [0.05, 0.1) is 11.5 Å². The summed E-state index contributed by atoms with van der Waals surface area (Å²) in [6, 6.07) is 16.2. The summed E-state index contributed by atoms with van der Waals surface area (Å²) < 4.78 is 2.48. The zero-order valence-corrected chi connectivity index (χ0v) is 24.7. The average Bonchev–Trinajstić information content (AvgIpc) is 2.86. The molecule has 200 valence electrons. The molecule has 3 nitrogen and oxygen atoms in total. The Hall–Kier alpha value is -1.46. The lowest BCUT2D eigenvalue weighted by molar-refractivity contribution is -0.154. The minimum Gasteiger partial charge on any atom is -0.330 e. The highest BCUT2D eigenvalue weighted by atomic mass is 35.5. The molecule has 4 rings (SSSR count). The van der Waals surface area contributed by atoms with Crippen molar-refractivity contribution < 1.29 is 4.79 Å². The number of carbonyl (C=O) groups excluding carboxylic acids is 1. The smallest absolute Gasteiger partial charge is 0.229 e. The molecule has 6 heteroatoms. The topological polar surface area (TPSA) is 23.6 Å². The molecule has 4 atom stereocenters. The number of halogens is 2. The zero-order valence-electron chi connectivity index (χ0n) is 22.3. The molecule has 0 radical (unpaired) electrons. The summed E-state index contributed by atoms with van der Waals surface area (Å²) in [7, 11) is 0. The summed E-state index contributed by atoms with van der Waals surface area (Å²) in [5.41, 5.74) is 1.77. The summed E-state index contributed by atoms with van der Waals surface area (Å²) in [5, 5.41) is 2.14. The predicted octanol–water partition coefficient (Wildman–Crippen LogP) is 8.93. The third-order valence-electron chi connectivity index (χ3n) is 8.17. The van der Waals surface area contributed by atoms with Crippen molar-refractivity contribution in [2.75, 3.05) is 13.1 Å². The number of rotatable bonds is 11. The summed E-state index contributed by atoms with van der Waals surface area (Å²) in [5.74, 6) is 0.327. The van der Waals surface area contributed by atoms with Gasteiger partial charge in [-0.2, -0.15) is 0 Å². The fourth-order valence-electron chi connectivity index (χ4n) is 5.87. The van der Waals surface area contributed by atoms with E-state index in [1.165, 1.54) is 24.8 Å². The van der Waals surface area contributed by atoms with Crippen molar-refractivity contribution in [2.45, 2.75) is 82.5 Å². The standard InChI is InChI=1S/C31H40Cl2N2OS/c1-5-18-31(4)20-28(23-10-8-11-25(33)19-23)29(22-14-16-24(32)17-15-22)35(30(31)36)26(6-2)21-34(7-3)37-27-12-9-13-27/h5,8,10-11,14-17,19,26-29H,1,6-7,9,12-13,18,20-21H2,2-4H3/t26-,28+,29+,31-/m0/s1. The molecule has 2 aromatic rings. The third-order valence-corrected chi connectivity index (χ3v) is 10.1. The van der Waals surface area contributed by atoms with Gasteiger partial charge in [-0.25, -0.2) is 4.31 Å². The molecule has 1 saturated heterocycles. The third kappa shape index (κ3) is 6.41. The van der Waals surface area contributed by atoms with E-state index in [0.717, 1.165) is 36.5 Å². The van der Waals surface area contributed by atoms with Gasteiger partial charge in [-0.1, -0.05) is 92.7 Å².